The van der Waals surface area contributed by atoms with Crippen LogP contribution in [0.4, 0.5) is 0 Å². The van der Waals surface area contributed by atoms with E-state index >= 15 is 0 Å². The molecule has 0 unspecified atom stereocenters. The van der Waals surface area contributed by atoms with E-state index < -0.39 is 18.4 Å². The summed E-state index contributed by atoms with van der Waals surface area (Å²) in [5, 5.41) is 0.0350. The molecule has 2 rings (SSSR count). The Bertz CT molecular complexity index is 1050. The number of hydrogen-bond donors (Lipinski definition) is 0. The topological polar surface area (TPSA) is 84.0 Å². The molecule has 0 bridgehead atoms. The van der Waals surface area contributed by atoms with Gasteiger partial charge >= 0.3 is 0 Å². The van der Waals surface area contributed by atoms with Gasteiger partial charge in [-0.1, -0.05) is 33.8 Å². The molecule has 34 heavy (non-hydrogen) atoms. The van der Waals surface area contributed by atoms with Crippen LogP contribution in [-0.4, -0.2) is 54.9 Å². The summed E-state index contributed by atoms with van der Waals surface area (Å²) in [4.78, 5) is 4.43. The van der Waals surface area contributed by atoms with Crippen LogP contribution in [0.15, 0.2) is 36.7 Å². The molecule has 0 radical (unpaired) electrons. The van der Waals surface area contributed by atoms with E-state index in [1.54, 1.807) is 19.5 Å². The van der Waals surface area contributed by atoms with Gasteiger partial charge in [0.2, 0.25) is 0 Å². The Labute approximate surface area is 206 Å². The average molecular weight is 510 g/mol. The van der Waals surface area contributed by atoms with Crippen LogP contribution in [0.1, 0.15) is 45.6 Å². The fourth-order valence-corrected chi connectivity index (χ4v) is 4.45. The zero-order chi connectivity index (χ0) is 25.6. The highest BCUT2D eigenvalue weighted by Crippen LogP contribution is 2.38. The Hall–Kier alpha value is -1.94. The summed E-state index contributed by atoms with van der Waals surface area (Å²) in [5.41, 5.74) is 2.67. The first-order valence-corrected chi connectivity index (χ1v) is 16.2. The second-order valence-corrected chi connectivity index (χ2v) is 16.4. The van der Waals surface area contributed by atoms with Crippen LogP contribution < -0.4 is 9.47 Å². The third-order valence-electron chi connectivity index (χ3n) is 6.12. The van der Waals surface area contributed by atoms with Crippen molar-refractivity contribution in [3.8, 4) is 22.6 Å². The van der Waals surface area contributed by atoms with E-state index in [9.17, 15) is 8.42 Å². The van der Waals surface area contributed by atoms with Crippen LogP contribution in [0, 0.1) is 0 Å². The molecule has 0 fully saturated rings. The van der Waals surface area contributed by atoms with Crippen molar-refractivity contribution in [2.45, 2.75) is 58.2 Å². The van der Waals surface area contributed by atoms with Crippen molar-refractivity contribution in [2.75, 3.05) is 33.2 Å². The molecule has 2 aromatic rings. The molecule has 0 saturated carbocycles. The van der Waals surface area contributed by atoms with Crippen LogP contribution in [0.25, 0.3) is 11.1 Å². The molecule has 0 aliphatic carbocycles. The number of benzene rings is 1. The van der Waals surface area contributed by atoms with Crippen molar-refractivity contribution in [1.29, 1.82) is 0 Å². The summed E-state index contributed by atoms with van der Waals surface area (Å²) in [6, 6.07) is 7.76. The minimum Gasteiger partial charge on any atom is -0.493 e. The largest absolute Gasteiger partial charge is 0.493 e. The highest BCUT2D eigenvalue weighted by atomic mass is 32.2. The summed E-state index contributed by atoms with van der Waals surface area (Å²) >= 11 is 0. The summed E-state index contributed by atoms with van der Waals surface area (Å²) in [5.74, 6) is 1.05. The molecule has 0 aliphatic heterocycles. The molecule has 7 nitrogen and oxygen atoms in total. The second kappa shape index (κ2) is 11.7. The van der Waals surface area contributed by atoms with Crippen molar-refractivity contribution in [1.82, 2.24) is 4.98 Å². The fraction of sp³-hybridized carbons (Fsp3) is 0.560. The number of aromatic nitrogens is 1. The predicted octanol–water partition coefficient (Wildman–Crippen LogP) is 5.63. The molecule has 0 saturated heterocycles. The molecule has 1 atom stereocenters. The van der Waals surface area contributed by atoms with Crippen LogP contribution in [0.5, 0.6) is 11.5 Å². The number of hydrogen-bond acceptors (Lipinski definition) is 7. The zero-order valence-electron chi connectivity index (χ0n) is 21.7. The van der Waals surface area contributed by atoms with Crippen LogP contribution in [0.3, 0.4) is 0 Å². The summed E-state index contributed by atoms with van der Waals surface area (Å²) < 4.78 is 46.3. The molecular weight excluding hydrogens is 470 g/mol. The van der Waals surface area contributed by atoms with Gasteiger partial charge in [0.15, 0.2) is 19.8 Å². The van der Waals surface area contributed by atoms with Gasteiger partial charge < -0.3 is 13.9 Å². The number of methoxy groups -OCH3 is 1. The Kier molecular flexibility index (Phi) is 9.70. The van der Waals surface area contributed by atoms with Crippen LogP contribution in [-0.2, 0) is 18.7 Å². The maximum atomic E-state index is 11.7. The van der Waals surface area contributed by atoms with E-state index in [2.05, 4.69) is 38.8 Å². The smallest absolute Gasteiger partial charge is 0.264 e. The van der Waals surface area contributed by atoms with E-state index in [4.69, 9.17) is 18.1 Å². The lowest BCUT2D eigenvalue weighted by atomic mass is 9.98. The second-order valence-electron chi connectivity index (χ2n) is 9.98. The lowest BCUT2D eigenvalue weighted by molar-refractivity contribution is 0.211. The Morgan fingerprint density at radius 3 is 2.32 bits per heavy atom. The Morgan fingerprint density at radius 2 is 1.74 bits per heavy atom. The highest BCUT2D eigenvalue weighted by molar-refractivity contribution is 7.85. The molecule has 1 aromatic heterocycles. The molecule has 1 heterocycles. The van der Waals surface area contributed by atoms with Crippen molar-refractivity contribution in [3.63, 3.8) is 0 Å². The van der Waals surface area contributed by atoms with E-state index in [1.165, 1.54) is 0 Å². The molecule has 0 spiro atoms. The molecule has 190 valence electrons. The van der Waals surface area contributed by atoms with Gasteiger partial charge in [-0.2, -0.15) is 8.42 Å². The Balaban J connectivity index is 2.37. The third kappa shape index (κ3) is 8.08. The molecule has 9 heteroatoms. The van der Waals surface area contributed by atoms with Gasteiger partial charge in [-0.05, 0) is 53.9 Å². The lowest BCUT2D eigenvalue weighted by Crippen LogP contribution is -2.42. The predicted molar refractivity (Wildman–Crippen MR) is 139 cm³/mol. The maximum absolute atomic E-state index is 11.7. The van der Waals surface area contributed by atoms with E-state index in [0.29, 0.717) is 24.7 Å². The molecular formula is C25H39NO6SSi. The number of ether oxygens (including phenoxy) is 2. The maximum Gasteiger partial charge on any atom is 0.264 e. The average Bonchev–Trinajstić information content (AvgIpc) is 2.76. The summed E-state index contributed by atoms with van der Waals surface area (Å²) in [6.07, 6.45) is 5.47. The number of rotatable bonds is 12. The molecule has 0 amide bonds. The molecule has 1 aromatic carbocycles. The molecule has 0 aliphatic rings. The van der Waals surface area contributed by atoms with Crippen molar-refractivity contribution in [3.05, 3.63) is 42.2 Å². The van der Waals surface area contributed by atoms with Gasteiger partial charge in [-0.25, -0.2) is 0 Å². The standard InChI is InChI=1S/C25H39NO6SSi/c1-9-12-30-24-14-19(10-11-23(24)29-5)20-13-21(16-26-15-20)22(17-31-33(6,27)28)18-32-34(7,8)25(2,3)4/h10-11,13-16,22H,9,12,17-18H2,1-8H3/t22-/m0/s1. The van der Waals surface area contributed by atoms with Gasteiger partial charge in [0, 0.05) is 30.5 Å². The number of pyridine rings is 1. The van der Waals surface area contributed by atoms with Crippen LogP contribution in [0.2, 0.25) is 18.1 Å². The van der Waals surface area contributed by atoms with E-state index in [0.717, 1.165) is 29.4 Å². The zero-order valence-corrected chi connectivity index (χ0v) is 23.5. The first-order chi connectivity index (χ1) is 15.8. The van der Waals surface area contributed by atoms with Crippen molar-refractivity contribution >= 4 is 18.4 Å². The lowest BCUT2D eigenvalue weighted by Gasteiger charge is -2.37. The first-order valence-electron chi connectivity index (χ1n) is 11.5. The van der Waals surface area contributed by atoms with Gasteiger partial charge in [-0.15, -0.1) is 0 Å². The van der Waals surface area contributed by atoms with Crippen LogP contribution >= 0.6 is 0 Å². The van der Waals surface area contributed by atoms with E-state index in [-0.39, 0.29) is 17.6 Å². The summed E-state index contributed by atoms with van der Waals surface area (Å²) in [7, 11) is -4.01. The van der Waals surface area contributed by atoms with Gasteiger partial charge in [0.05, 0.1) is 26.6 Å². The minimum atomic E-state index is -3.59. The molecule has 0 N–H and O–H groups in total. The van der Waals surface area contributed by atoms with Gasteiger partial charge in [-0.3, -0.25) is 9.17 Å². The quantitative estimate of drug-likeness (QED) is 0.271. The third-order valence-corrected chi connectivity index (χ3v) is 11.2. The normalized spacial score (nSPS) is 13.5. The van der Waals surface area contributed by atoms with Gasteiger partial charge in [0.1, 0.15) is 0 Å². The first kappa shape index (κ1) is 28.3. The highest BCUT2D eigenvalue weighted by Gasteiger charge is 2.37. The van der Waals surface area contributed by atoms with Gasteiger partial charge in [0.25, 0.3) is 10.1 Å². The Morgan fingerprint density at radius 1 is 1.03 bits per heavy atom. The van der Waals surface area contributed by atoms with Crippen molar-refractivity contribution < 1.29 is 26.5 Å². The SMILES string of the molecule is CCCOc1cc(-c2cncc([C@H](CO[Si](C)(C)C(C)(C)C)COS(C)(=O)=O)c2)ccc1OC. The fourth-order valence-electron chi connectivity index (χ4n) is 2.99. The summed E-state index contributed by atoms with van der Waals surface area (Å²) in [6.45, 7) is 13.8. The van der Waals surface area contributed by atoms with E-state index in [1.807, 2.05) is 31.2 Å². The monoisotopic (exact) mass is 509 g/mol. The minimum absolute atomic E-state index is 0.00787. The number of nitrogens with zero attached hydrogens (tertiary/aromatic N) is 1. The van der Waals surface area contributed by atoms with Crippen molar-refractivity contribution in [2.24, 2.45) is 0 Å².